The van der Waals surface area contributed by atoms with Crippen molar-refractivity contribution in [3.63, 3.8) is 0 Å². The molecule has 1 aliphatic rings. The summed E-state index contributed by atoms with van der Waals surface area (Å²) in [5.41, 5.74) is 0. The topological polar surface area (TPSA) is 87.1 Å². The van der Waals surface area contributed by atoms with Crippen LogP contribution in [0.1, 0.15) is 13.3 Å². The molecule has 2 N–H and O–H groups in total. The minimum Gasteiger partial charge on any atom is -0.478 e. The molecule has 74 valence electrons. The van der Waals surface area contributed by atoms with Gasteiger partial charge in [-0.3, -0.25) is 0 Å². The molecule has 1 atom stereocenters. The maximum absolute atomic E-state index is 9.55. The second kappa shape index (κ2) is 6.19. The molecular weight excluding hydrogens is 176 g/mol. The molecule has 1 saturated heterocycles. The largest absolute Gasteiger partial charge is 0.478 e. The van der Waals surface area contributed by atoms with Gasteiger partial charge >= 0.3 is 11.9 Å². The standard InChI is InChI=1S/C4H4O4.C4H8O/c5-3(6)1-2-4(7)8;1-2-4-3-5-4/h1-2H,(H,5,6)(H,7,8);4H,2-3H2,1H3. The quantitative estimate of drug-likeness (QED) is 0.497. The number of carboxylic acids is 2. The Morgan fingerprint density at radius 2 is 1.77 bits per heavy atom. The number of rotatable bonds is 3. The van der Waals surface area contributed by atoms with E-state index in [1.54, 1.807) is 0 Å². The predicted molar refractivity (Wildman–Crippen MR) is 44.4 cm³/mol. The number of ether oxygens (including phenoxy) is 1. The van der Waals surface area contributed by atoms with Gasteiger partial charge in [0.15, 0.2) is 0 Å². The van der Waals surface area contributed by atoms with Crippen LogP contribution in [-0.2, 0) is 14.3 Å². The van der Waals surface area contributed by atoms with Gasteiger partial charge in [-0.2, -0.15) is 0 Å². The third-order valence-electron chi connectivity index (χ3n) is 1.23. The van der Waals surface area contributed by atoms with E-state index in [1.807, 2.05) is 0 Å². The summed E-state index contributed by atoms with van der Waals surface area (Å²) in [5, 5.41) is 15.6. The van der Waals surface area contributed by atoms with Crippen molar-refractivity contribution in [2.24, 2.45) is 0 Å². The van der Waals surface area contributed by atoms with Gasteiger partial charge in [-0.15, -0.1) is 0 Å². The summed E-state index contributed by atoms with van der Waals surface area (Å²) >= 11 is 0. The molecule has 0 amide bonds. The third-order valence-corrected chi connectivity index (χ3v) is 1.23. The van der Waals surface area contributed by atoms with E-state index in [4.69, 9.17) is 14.9 Å². The molecule has 0 aromatic carbocycles. The van der Waals surface area contributed by atoms with Crippen LogP contribution in [0.5, 0.6) is 0 Å². The molecule has 0 spiro atoms. The Balaban J connectivity index is 0.000000243. The van der Waals surface area contributed by atoms with Gasteiger partial charge in [0.2, 0.25) is 0 Å². The van der Waals surface area contributed by atoms with E-state index in [0.29, 0.717) is 18.3 Å². The smallest absolute Gasteiger partial charge is 0.328 e. The van der Waals surface area contributed by atoms with Crippen molar-refractivity contribution in [2.75, 3.05) is 6.61 Å². The molecule has 5 heteroatoms. The third kappa shape index (κ3) is 10.6. The van der Waals surface area contributed by atoms with Crippen LogP contribution in [0.2, 0.25) is 0 Å². The lowest BCUT2D eigenvalue weighted by Crippen LogP contribution is -1.91. The molecule has 0 aromatic rings. The highest BCUT2D eigenvalue weighted by Crippen LogP contribution is 2.10. The second-order valence-electron chi connectivity index (χ2n) is 2.37. The number of epoxide rings is 1. The van der Waals surface area contributed by atoms with Gasteiger partial charge in [-0.05, 0) is 6.42 Å². The van der Waals surface area contributed by atoms with Gasteiger partial charge in [0, 0.05) is 12.2 Å². The number of carbonyl (C=O) groups is 2. The van der Waals surface area contributed by atoms with E-state index in [1.165, 1.54) is 6.42 Å². The van der Waals surface area contributed by atoms with Gasteiger partial charge < -0.3 is 14.9 Å². The lowest BCUT2D eigenvalue weighted by atomic mass is 10.4. The SMILES string of the molecule is CCC1CO1.O=C(O)C=CC(=O)O. The summed E-state index contributed by atoms with van der Waals surface area (Å²) in [6.45, 7) is 3.15. The highest BCUT2D eigenvalue weighted by molar-refractivity contribution is 5.89. The highest BCUT2D eigenvalue weighted by atomic mass is 16.6. The van der Waals surface area contributed by atoms with Gasteiger partial charge in [0.25, 0.3) is 0 Å². The van der Waals surface area contributed by atoms with E-state index < -0.39 is 11.9 Å². The highest BCUT2D eigenvalue weighted by Gasteiger charge is 2.18. The maximum atomic E-state index is 9.55. The minimum atomic E-state index is -1.26. The zero-order chi connectivity index (χ0) is 10.3. The van der Waals surface area contributed by atoms with Crippen LogP contribution in [0.25, 0.3) is 0 Å². The molecular formula is C8H12O5. The van der Waals surface area contributed by atoms with Crippen LogP contribution < -0.4 is 0 Å². The summed E-state index contributed by atoms with van der Waals surface area (Å²) in [6, 6.07) is 0. The molecule has 0 aliphatic carbocycles. The van der Waals surface area contributed by atoms with Gasteiger partial charge in [-0.1, -0.05) is 6.92 Å². The Hall–Kier alpha value is -1.36. The molecule has 1 unspecified atom stereocenters. The minimum absolute atomic E-state index is 0.558. The Bertz CT molecular complexity index is 189. The van der Waals surface area contributed by atoms with E-state index in [2.05, 4.69) is 6.92 Å². The van der Waals surface area contributed by atoms with Crippen molar-refractivity contribution in [2.45, 2.75) is 19.4 Å². The summed E-state index contributed by atoms with van der Waals surface area (Å²) in [6.07, 6.45) is 2.94. The Labute approximate surface area is 75.6 Å². The summed E-state index contributed by atoms with van der Waals surface area (Å²) in [7, 11) is 0. The fraction of sp³-hybridized carbons (Fsp3) is 0.500. The number of aliphatic carboxylic acids is 2. The molecule has 0 saturated carbocycles. The Morgan fingerprint density at radius 1 is 1.38 bits per heavy atom. The first kappa shape index (κ1) is 11.6. The Kier molecular flexibility index (Phi) is 5.54. The lowest BCUT2D eigenvalue weighted by Gasteiger charge is -1.74. The second-order valence-corrected chi connectivity index (χ2v) is 2.37. The first-order valence-corrected chi connectivity index (χ1v) is 3.81. The fourth-order valence-corrected chi connectivity index (χ4v) is 0.446. The molecule has 0 aromatic heterocycles. The molecule has 0 bridgehead atoms. The monoisotopic (exact) mass is 188 g/mol. The molecule has 5 nitrogen and oxygen atoms in total. The summed E-state index contributed by atoms with van der Waals surface area (Å²) < 4.78 is 4.86. The summed E-state index contributed by atoms with van der Waals surface area (Å²) in [4.78, 5) is 19.1. The van der Waals surface area contributed by atoms with Crippen molar-refractivity contribution < 1.29 is 24.5 Å². The average Bonchev–Trinajstić information content (AvgIpc) is 2.84. The van der Waals surface area contributed by atoms with Crippen LogP contribution in [0.15, 0.2) is 12.2 Å². The van der Waals surface area contributed by atoms with E-state index in [-0.39, 0.29) is 0 Å². The van der Waals surface area contributed by atoms with Crippen molar-refractivity contribution >= 4 is 11.9 Å². The fourth-order valence-electron chi connectivity index (χ4n) is 0.446. The maximum Gasteiger partial charge on any atom is 0.328 e. The molecule has 1 fully saturated rings. The molecule has 0 radical (unpaired) electrons. The molecule has 13 heavy (non-hydrogen) atoms. The van der Waals surface area contributed by atoms with Crippen LogP contribution in [0.4, 0.5) is 0 Å². The molecule has 1 heterocycles. The van der Waals surface area contributed by atoms with Crippen LogP contribution in [0.3, 0.4) is 0 Å². The van der Waals surface area contributed by atoms with Crippen molar-refractivity contribution in [3.8, 4) is 0 Å². The number of hydrogen-bond acceptors (Lipinski definition) is 3. The predicted octanol–water partition coefficient (Wildman–Crippen LogP) is 0.507. The van der Waals surface area contributed by atoms with Crippen molar-refractivity contribution in [1.29, 1.82) is 0 Å². The lowest BCUT2D eigenvalue weighted by molar-refractivity contribution is -0.134. The van der Waals surface area contributed by atoms with Gasteiger partial charge in [0.05, 0.1) is 12.7 Å². The average molecular weight is 188 g/mol. The van der Waals surface area contributed by atoms with Crippen molar-refractivity contribution in [3.05, 3.63) is 12.2 Å². The van der Waals surface area contributed by atoms with Crippen LogP contribution >= 0.6 is 0 Å². The van der Waals surface area contributed by atoms with Gasteiger partial charge in [-0.25, -0.2) is 9.59 Å². The van der Waals surface area contributed by atoms with Crippen molar-refractivity contribution in [1.82, 2.24) is 0 Å². The first-order chi connectivity index (χ1) is 6.06. The first-order valence-electron chi connectivity index (χ1n) is 3.81. The number of hydrogen-bond donors (Lipinski definition) is 2. The zero-order valence-electron chi connectivity index (χ0n) is 7.27. The zero-order valence-corrected chi connectivity index (χ0v) is 7.27. The number of carboxylic acid groups (broad SMARTS) is 2. The van der Waals surface area contributed by atoms with E-state index >= 15 is 0 Å². The van der Waals surface area contributed by atoms with E-state index in [0.717, 1.165) is 6.61 Å². The Morgan fingerprint density at radius 3 is 1.85 bits per heavy atom. The van der Waals surface area contributed by atoms with Gasteiger partial charge in [0.1, 0.15) is 0 Å². The van der Waals surface area contributed by atoms with E-state index in [9.17, 15) is 9.59 Å². The van der Waals surface area contributed by atoms with Crippen LogP contribution in [0, 0.1) is 0 Å². The molecule has 1 rings (SSSR count). The summed E-state index contributed by atoms with van der Waals surface area (Å²) in [5.74, 6) is -2.51. The normalized spacial score (nSPS) is 19.0. The van der Waals surface area contributed by atoms with Crippen LogP contribution in [-0.4, -0.2) is 34.9 Å². The molecule has 1 aliphatic heterocycles.